The summed E-state index contributed by atoms with van der Waals surface area (Å²) in [5.41, 5.74) is -3.93. The van der Waals surface area contributed by atoms with Crippen molar-refractivity contribution in [1.82, 2.24) is 0 Å². The fourth-order valence-electron chi connectivity index (χ4n) is 14.8. The van der Waals surface area contributed by atoms with Gasteiger partial charge in [0.05, 0.1) is 42.9 Å². The smallest absolute Gasteiger partial charge is 0.335 e. The molecule has 392 valence electrons. The minimum atomic E-state index is -1.94. The van der Waals surface area contributed by atoms with Crippen LogP contribution in [0, 0.1) is 56.2 Å². The summed E-state index contributed by atoms with van der Waals surface area (Å²) >= 11 is 0. The molecule has 6 fully saturated rings. The van der Waals surface area contributed by atoms with Crippen LogP contribution in [0.15, 0.2) is 23.3 Å². The first kappa shape index (κ1) is 54.2. The summed E-state index contributed by atoms with van der Waals surface area (Å²) < 4.78 is 36.0. The largest absolute Gasteiger partial charge is 0.479 e. The molecule has 0 aromatic rings. The SMILES string of the molecule is C/C=C(/C)C(=O)O[C@H]1[C@H](OC(=O)C(C)CC)[C@@]2(CO)C(CC1(C)C)C1=CCC3[C@@]4(C)CCC(OC5OC(C(=O)O)C(O)C(OC6OCC(O)C(O)C6O)C5O)C(C)(C)C4CC[C@@]3(C)[C@]1(C)[C@@H](O)[C@H]2O. The predicted molar refractivity (Wildman–Crippen MR) is 244 cm³/mol. The summed E-state index contributed by atoms with van der Waals surface area (Å²) in [6.07, 6.45) is -13.9. The molecule has 0 aromatic heterocycles. The second kappa shape index (κ2) is 19.0. The molecule has 7 aliphatic rings. The molecule has 18 nitrogen and oxygen atoms in total. The normalized spacial score (nSPS) is 48.6. The van der Waals surface area contributed by atoms with E-state index in [9.17, 15) is 60.3 Å². The van der Waals surface area contributed by atoms with Gasteiger partial charge in [0.25, 0.3) is 0 Å². The topological polar surface area (TPSA) is 289 Å². The van der Waals surface area contributed by atoms with Crippen LogP contribution in [0.4, 0.5) is 0 Å². The van der Waals surface area contributed by atoms with Gasteiger partial charge >= 0.3 is 17.9 Å². The molecule has 14 unspecified atom stereocenters. The third-order valence-corrected chi connectivity index (χ3v) is 19.5. The Balaban J connectivity index is 1.20. The number of hydrogen-bond acceptors (Lipinski definition) is 17. The zero-order chi connectivity index (χ0) is 51.3. The van der Waals surface area contributed by atoms with Gasteiger partial charge in [-0.25, -0.2) is 9.59 Å². The van der Waals surface area contributed by atoms with Crippen molar-refractivity contribution >= 4 is 17.9 Å². The Hall–Kier alpha value is -2.59. The minimum absolute atomic E-state index is 0.0241. The van der Waals surface area contributed by atoms with E-state index in [2.05, 4.69) is 33.8 Å². The van der Waals surface area contributed by atoms with E-state index in [1.165, 1.54) is 0 Å². The highest BCUT2D eigenvalue weighted by molar-refractivity contribution is 5.87. The van der Waals surface area contributed by atoms with Gasteiger partial charge < -0.3 is 74.4 Å². The Labute approximate surface area is 405 Å². The number of aliphatic carboxylic acids is 1. The third-order valence-electron chi connectivity index (χ3n) is 19.5. The Morgan fingerprint density at radius 3 is 2.12 bits per heavy atom. The van der Waals surface area contributed by atoms with Crippen LogP contribution in [0.2, 0.25) is 0 Å². The van der Waals surface area contributed by atoms with E-state index >= 15 is 0 Å². The van der Waals surface area contributed by atoms with Crippen LogP contribution in [0.1, 0.15) is 121 Å². The van der Waals surface area contributed by atoms with Crippen LogP contribution in [0.3, 0.4) is 0 Å². The summed E-state index contributed by atoms with van der Waals surface area (Å²) in [4.78, 5) is 39.7. The van der Waals surface area contributed by atoms with E-state index in [-0.39, 0.29) is 17.3 Å². The molecule has 2 aliphatic heterocycles. The summed E-state index contributed by atoms with van der Waals surface area (Å²) in [6, 6.07) is 0. The quantitative estimate of drug-likeness (QED) is 0.0622. The minimum Gasteiger partial charge on any atom is -0.479 e. The van der Waals surface area contributed by atoms with Gasteiger partial charge in [-0.2, -0.15) is 0 Å². The molecule has 0 amide bonds. The summed E-state index contributed by atoms with van der Waals surface area (Å²) in [5.74, 6) is -3.92. The maximum atomic E-state index is 13.8. The first-order valence-corrected chi connectivity index (χ1v) is 25.0. The number of fused-ring (bicyclic) bond motifs is 7. The Morgan fingerprint density at radius 2 is 1.51 bits per heavy atom. The number of aliphatic hydroxyl groups excluding tert-OH is 8. The number of esters is 2. The lowest BCUT2D eigenvalue weighted by Gasteiger charge is -2.73. The number of allylic oxidation sites excluding steroid dienone is 2. The summed E-state index contributed by atoms with van der Waals surface area (Å²) in [6.45, 7) is 20.3. The fourth-order valence-corrected chi connectivity index (χ4v) is 14.8. The molecule has 2 saturated heterocycles. The number of rotatable bonds is 11. The standard InChI is InChI=1S/C51H80O18/c1-12-23(3)42(62)68-39-40(69-43(63)24(4)13-2)51(22-52)26(20-46(39,5)6)25-14-15-29-48(9)18-17-30(47(7,8)28(48)16-19-49(29,10)50(25,11)37(58)38(51)59)65-45-34(57)35(33(56)36(67-45)41(60)61)66-44-32(55)31(54)27(53)21-64-44/h12,14,24,26-40,44-45,52-59H,13,15-22H2,1-11H3,(H,60,61)/b23-12-/t24?,26?,27?,28?,29?,30?,31?,32?,33?,34?,35?,36?,37-,38+,39-,40-,44?,45?,48-,49+,50-,51-/m0/s1. The van der Waals surface area contributed by atoms with E-state index in [0.29, 0.717) is 50.5 Å². The average molecular weight is 981 g/mol. The molecule has 0 radical (unpaired) electrons. The summed E-state index contributed by atoms with van der Waals surface area (Å²) in [5, 5.41) is 101. The molecule has 0 bridgehead atoms. The Morgan fingerprint density at radius 1 is 0.841 bits per heavy atom. The van der Waals surface area contributed by atoms with E-state index < -0.39 is 156 Å². The zero-order valence-corrected chi connectivity index (χ0v) is 42.1. The molecular formula is C51H80O18. The number of carboxylic acid groups (broad SMARTS) is 1. The molecule has 69 heavy (non-hydrogen) atoms. The lowest BCUT2D eigenvalue weighted by molar-refractivity contribution is -0.357. The molecule has 0 aromatic carbocycles. The van der Waals surface area contributed by atoms with E-state index in [0.717, 1.165) is 5.57 Å². The van der Waals surface area contributed by atoms with Crippen molar-refractivity contribution in [3.8, 4) is 0 Å². The highest BCUT2D eigenvalue weighted by Gasteiger charge is 2.76. The Kier molecular flexibility index (Phi) is 14.9. The number of carbonyl (C=O) groups is 3. The maximum Gasteiger partial charge on any atom is 0.335 e. The van der Waals surface area contributed by atoms with Crippen LogP contribution in [0.5, 0.6) is 0 Å². The lowest BCUT2D eigenvalue weighted by Crippen LogP contribution is -2.76. The molecule has 9 N–H and O–H groups in total. The van der Waals surface area contributed by atoms with E-state index in [1.54, 1.807) is 26.8 Å². The Bertz CT molecular complexity index is 2000. The van der Waals surface area contributed by atoms with Crippen molar-refractivity contribution in [1.29, 1.82) is 0 Å². The lowest BCUT2D eigenvalue weighted by atomic mass is 9.32. The van der Waals surface area contributed by atoms with Gasteiger partial charge in [-0.1, -0.05) is 80.0 Å². The van der Waals surface area contributed by atoms with Gasteiger partial charge in [0.15, 0.2) is 24.8 Å². The molecule has 22 atom stereocenters. The zero-order valence-electron chi connectivity index (χ0n) is 42.1. The van der Waals surface area contributed by atoms with Crippen LogP contribution >= 0.6 is 0 Å². The predicted octanol–water partition coefficient (Wildman–Crippen LogP) is 2.52. The van der Waals surface area contributed by atoms with Gasteiger partial charge in [-0.15, -0.1) is 0 Å². The van der Waals surface area contributed by atoms with Crippen LogP contribution in [-0.4, -0.2) is 163 Å². The molecule has 0 spiro atoms. The van der Waals surface area contributed by atoms with Crippen molar-refractivity contribution in [2.24, 2.45) is 56.2 Å². The fraction of sp³-hybridized carbons (Fsp3) is 0.863. The van der Waals surface area contributed by atoms with Gasteiger partial charge in [0.2, 0.25) is 0 Å². The molecular weight excluding hydrogens is 901 g/mol. The van der Waals surface area contributed by atoms with Crippen molar-refractivity contribution in [2.75, 3.05) is 13.2 Å². The van der Waals surface area contributed by atoms with Crippen molar-refractivity contribution < 1.29 is 88.8 Å². The first-order chi connectivity index (χ1) is 32.1. The number of carboxylic acids is 1. The first-order valence-electron chi connectivity index (χ1n) is 25.0. The van der Waals surface area contributed by atoms with Gasteiger partial charge in [-0.3, -0.25) is 4.79 Å². The molecule has 4 saturated carbocycles. The molecule has 2 heterocycles. The van der Waals surface area contributed by atoms with Crippen molar-refractivity contribution in [3.63, 3.8) is 0 Å². The van der Waals surface area contributed by atoms with Crippen LogP contribution < -0.4 is 0 Å². The van der Waals surface area contributed by atoms with E-state index in [1.807, 2.05) is 27.7 Å². The van der Waals surface area contributed by atoms with Gasteiger partial charge in [-0.05, 0) is 92.8 Å². The number of hydrogen-bond donors (Lipinski definition) is 9. The number of carbonyl (C=O) groups excluding carboxylic acids is 2. The van der Waals surface area contributed by atoms with Gasteiger partial charge in [0, 0.05) is 16.4 Å². The highest BCUT2D eigenvalue weighted by Crippen LogP contribution is 2.76. The van der Waals surface area contributed by atoms with Crippen LogP contribution in [0.25, 0.3) is 0 Å². The van der Waals surface area contributed by atoms with Crippen molar-refractivity contribution in [3.05, 3.63) is 23.3 Å². The molecule has 7 rings (SSSR count). The average Bonchev–Trinajstić information content (AvgIpc) is 3.29. The maximum absolute atomic E-state index is 13.8. The van der Waals surface area contributed by atoms with Crippen LogP contribution in [-0.2, 0) is 42.8 Å². The highest BCUT2D eigenvalue weighted by atomic mass is 16.7. The molecule has 5 aliphatic carbocycles. The van der Waals surface area contributed by atoms with Gasteiger partial charge in [0.1, 0.15) is 42.7 Å². The third kappa shape index (κ3) is 8.26. The second-order valence-corrected chi connectivity index (χ2v) is 23.6. The van der Waals surface area contributed by atoms with Crippen molar-refractivity contribution in [2.45, 2.75) is 207 Å². The second-order valence-electron chi connectivity index (χ2n) is 23.6. The monoisotopic (exact) mass is 981 g/mol. The summed E-state index contributed by atoms with van der Waals surface area (Å²) in [7, 11) is 0. The number of aliphatic hydroxyl groups is 8. The number of ether oxygens (including phenoxy) is 6. The van der Waals surface area contributed by atoms with E-state index in [4.69, 9.17) is 28.4 Å². The molecule has 18 heteroatoms.